The molecule has 6 nitrogen and oxygen atoms in total. The van der Waals surface area contributed by atoms with Crippen LogP contribution in [0.3, 0.4) is 0 Å². The molecule has 0 unspecified atom stereocenters. The fourth-order valence-electron chi connectivity index (χ4n) is 3.49. The van der Waals surface area contributed by atoms with Crippen LogP contribution in [-0.4, -0.2) is 27.0 Å². The average Bonchev–Trinajstić information content (AvgIpc) is 3.38. The number of amides is 2. The maximum absolute atomic E-state index is 13.0. The lowest BCUT2D eigenvalue weighted by atomic mass is 10.2. The van der Waals surface area contributed by atoms with Gasteiger partial charge in [-0.15, -0.1) is 0 Å². The van der Waals surface area contributed by atoms with E-state index >= 15 is 0 Å². The molecule has 3 aromatic carbocycles. The summed E-state index contributed by atoms with van der Waals surface area (Å²) in [5.74, 6) is 0.808. The van der Waals surface area contributed by atoms with Gasteiger partial charge in [-0.05, 0) is 41.8 Å². The molecule has 33 heavy (non-hydrogen) atoms. The van der Waals surface area contributed by atoms with Gasteiger partial charge in [-0.25, -0.2) is 9.78 Å². The third-order valence-electron chi connectivity index (χ3n) is 5.26. The summed E-state index contributed by atoms with van der Waals surface area (Å²) in [6.45, 7) is 2.48. The molecule has 0 bridgehead atoms. The van der Waals surface area contributed by atoms with E-state index in [0.717, 1.165) is 35.5 Å². The van der Waals surface area contributed by atoms with E-state index in [9.17, 15) is 4.79 Å². The lowest BCUT2D eigenvalue weighted by molar-refractivity contribution is 0.207. The predicted octanol–water partition coefficient (Wildman–Crippen LogP) is 5.59. The quantitative estimate of drug-likeness (QED) is 0.350. The van der Waals surface area contributed by atoms with Crippen molar-refractivity contribution in [3.8, 4) is 5.75 Å². The first-order chi connectivity index (χ1) is 16.3. The number of carbonyl (C=O) groups excluding carboxylic acids is 1. The second-order valence-corrected chi connectivity index (χ2v) is 7.79. The first kappa shape index (κ1) is 22.1. The molecule has 1 heterocycles. The fraction of sp³-hybridized carbons (Fsp3) is 0.185. The number of benzene rings is 3. The van der Waals surface area contributed by atoms with Crippen molar-refractivity contribution in [3.05, 3.63) is 115 Å². The monoisotopic (exact) mass is 440 g/mol. The van der Waals surface area contributed by atoms with Crippen LogP contribution in [-0.2, 0) is 19.7 Å². The Labute approximate surface area is 194 Å². The molecule has 0 aliphatic rings. The Morgan fingerprint density at radius 1 is 0.909 bits per heavy atom. The Hall–Kier alpha value is -4.06. The number of nitrogens with one attached hydrogen (secondary N) is 1. The number of aromatic nitrogens is 2. The number of carbonyl (C=O) groups is 1. The van der Waals surface area contributed by atoms with Crippen LogP contribution in [0, 0.1) is 0 Å². The Kier molecular flexibility index (Phi) is 7.74. The summed E-state index contributed by atoms with van der Waals surface area (Å²) in [5.41, 5.74) is 2.96. The highest BCUT2D eigenvalue weighted by molar-refractivity contribution is 5.89. The number of urea groups is 1. The Bertz CT molecular complexity index is 1100. The highest BCUT2D eigenvalue weighted by Gasteiger charge is 2.14. The fourth-order valence-corrected chi connectivity index (χ4v) is 3.49. The molecule has 0 spiro atoms. The van der Waals surface area contributed by atoms with Gasteiger partial charge in [-0.1, -0.05) is 60.7 Å². The van der Waals surface area contributed by atoms with Gasteiger partial charge in [0.05, 0.1) is 6.33 Å². The molecule has 0 saturated carbocycles. The van der Waals surface area contributed by atoms with Crippen molar-refractivity contribution in [2.24, 2.45) is 0 Å². The average molecular weight is 441 g/mol. The lowest BCUT2D eigenvalue weighted by Gasteiger charge is -2.23. The maximum atomic E-state index is 13.0. The summed E-state index contributed by atoms with van der Waals surface area (Å²) in [4.78, 5) is 18.9. The van der Waals surface area contributed by atoms with Crippen molar-refractivity contribution in [3.63, 3.8) is 0 Å². The van der Waals surface area contributed by atoms with Crippen LogP contribution in [0.4, 0.5) is 10.5 Å². The van der Waals surface area contributed by atoms with Crippen LogP contribution in [0.25, 0.3) is 0 Å². The second-order valence-electron chi connectivity index (χ2n) is 7.79. The molecule has 0 aliphatic carbocycles. The second kappa shape index (κ2) is 11.5. The Morgan fingerprint density at radius 3 is 2.33 bits per heavy atom. The van der Waals surface area contributed by atoms with Crippen molar-refractivity contribution < 1.29 is 9.53 Å². The number of para-hydroxylation sites is 1. The van der Waals surface area contributed by atoms with Gasteiger partial charge >= 0.3 is 6.03 Å². The zero-order chi connectivity index (χ0) is 22.7. The molecule has 168 valence electrons. The van der Waals surface area contributed by atoms with Gasteiger partial charge in [0.2, 0.25) is 0 Å². The third kappa shape index (κ3) is 6.97. The van der Waals surface area contributed by atoms with Gasteiger partial charge in [0.1, 0.15) is 12.4 Å². The highest BCUT2D eigenvalue weighted by atomic mass is 16.5. The summed E-state index contributed by atoms with van der Waals surface area (Å²) < 4.78 is 7.90. The standard InChI is InChI=1S/C27H28N4O2/c32-27(29-25-10-5-2-6-11-25)31(18-7-17-30-19-16-28-22-30)20-23-12-14-26(15-13-23)33-21-24-8-3-1-4-9-24/h1-6,8-16,19,22H,7,17-18,20-21H2,(H,29,32). The summed E-state index contributed by atoms with van der Waals surface area (Å²) >= 11 is 0. The number of ether oxygens (including phenoxy) is 1. The first-order valence-electron chi connectivity index (χ1n) is 11.1. The maximum Gasteiger partial charge on any atom is 0.322 e. The SMILES string of the molecule is O=C(Nc1ccccc1)N(CCCn1ccnc1)Cc1ccc(OCc2ccccc2)cc1. The number of hydrogen-bond donors (Lipinski definition) is 1. The van der Waals surface area contributed by atoms with Crippen molar-refractivity contribution >= 4 is 11.7 Å². The van der Waals surface area contributed by atoms with Crippen LogP contribution < -0.4 is 10.1 Å². The molecule has 0 radical (unpaired) electrons. The summed E-state index contributed by atoms with van der Waals surface area (Å²) in [6, 6.07) is 27.4. The van der Waals surface area contributed by atoms with Gasteiger partial charge in [-0.3, -0.25) is 0 Å². The molecule has 4 rings (SSSR count). The van der Waals surface area contributed by atoms with Crippen molar-refractivity contribution in [2.45, 2.75) is 26.1 Å². The molecule has 0 aliphatic heterocycles. The molecular formula is C27H28N4O2. The number of nitrogens with zero attached hydrogens (tertiary/aromatic N) is 3. The van der Waals surface area contributed by atoms with Gasteiger partial charge in [0, 0.05) is 37.7 Å². The van der Waals surface area contributed by atoms with Crippen molar-refractivity contribution in [1.29, 1.82) is 0 Å². The Balaban J connectivity index is 1.37. The molecule has 1 aromatic heterocycles. The van der Waals surface area contributed by atoms with E-state index in [4.69, 9.17) is 4.74 Å². The van der Waals surface area contributed by atoms with Crippen LogP contribution in [0.1, 0.15) is 17.5 Å². The summed E-state index contributed by atoms with van der Waals surface area (Å²) in [6.07, 6.45) is 6.32. The van der Waals surface area contributed by atoms with Crippen molar-refractivity contribution in [1.82, 2.24) is 14.5 Å². The molecule has 4 aromatic rings. The predicted molar refractivity (Wildman–Crippen MR) is 130 cm³/mol. The summed E-state index contributed by atoms with van der Waals surface area (Å²) in [7, 11) is 0. The molecule has 2 amide bonds. The number of rotatable bonds is 10. The van der Waals surface area contributed by atoms with E-state index in [1.54, 1.807) is 12.5 Å². The molecule has 1 N–H and O–H groups in total. The number of hydrogen-bond acceptors (Lipinski definition) is 3. The van der Waals surface area contributed by atoms with Gasteiger partial charge in [0.25, 0.3) is 0 Å². The summed E-state index contributed by atoms with van der Waals surface area (Å²) in [5, 5.41) is 3.00. The van der Waals surface area contributed by atoms with Crippen LogP contribution in [0.15, 0.2) is 104 Å². The van der Waals surface area contributed by atoms with E-state index in [1.165, 1.54) is 0 Å². The largest absolute Gasteiger partial charge is 0.489 e. The van der Waals surface area contributed by atoms with E-state index in [1.807, 2.05) is 101 Å². The number of aryl methyl sites for hydroxylation is 1. The zero-order valence-corrected chi connectivity index (χ0v) is 18.5. The van der Waals surface area contributed by atoms with E-state index in [0.29, 0.717) is 19.7 Å². The van der Waals surface area contributed by atoms with Crippen molar-refractivity contribution in [2.75, 3.05) is 11.9 Å². The van der Waals surface area contributed by atoms with Crippen LogP contribution in [0.2, 0.25) is 0 Å². The minimum absolute atomic E-state index is 0.115. The van der Waals surface area contributed by atoms with E-state index < -0.39 is 0 Å². The molecule has 0 saturated heterocycles. The Morgan fingerprint density at radius 2 is 1.64 bits per heavy atom. The minimum Gasteiger partial charge on any atom is -0.489 e. The number of anilines is 1. The normalized spacial score (nSPS) is 10.5. The first-order valence-corrected chi connectivity index (χ1v) is 11.1. The van der Waals surface area contributed by atoms with Gasteiger partial charge < -0.3 is 19.5 Å². The van der Waals surface area contributed by atoms with Gasteiger partial charge in [-0.2, -0.15) is 0 Å². The molecule has 0 atom stereocenters. The van der Waals surface area contributed by atoms with E-state index in [-0.39, 0.29) is 6.03 Å². The highest BCUT2D eigenvalue weighted by Crippen LogP contribution is 2.17. The minimum atomic E-state index is -0.115. The molecule has 0 fully saturated rings. The molecular weight excluding hydrogens is 412 g/mol. The van der Waals surface area contributed by atoms with Crippen LogP contribution >= 0.6 is 0 Å². The third-order valence-corrected chi connectivity index (χ3v) is 5.26. The van der Waals surface area contributed by atoms with E-state index in [2.05, 4.69) is 10.3 Å². The van der Waals surface area contributed by atoms with Gasteiger partial charge in [0.15, 0.2) is 0 Å². The topological polar surface area (TPSA) is 59.4 Å². The zero-order valence-electron chi connectivity index (χ0n) is 18.5. The smallest absolute Gasteiger partial charge is 0.322 e. The lowest BCUT2D eigenvalue weighted by Crippen LogP contribution is -2.35. The number of imidazole rings is 1. The van der Waals surface area contributed by atoms with Crippen LogP contribution in [0.5, 0.6) is 5.75 Å². The molecule has 6 heteroatoms.